The van der Waals surface area contributed by atoms with Crippen molar-refractivity contribution in [3.8, 4) is 5.75 Å². The Balaban J connectivity index is 1.97. The maximum atomic E-state index is 12.0. The highest BCUT2D eigenvalue weighted by molar-refractivity contribution is 8.15. The third-order valence-electron chi connectivity index (χ3n) is 3.06. The topological polar surface area (TPSA) is 71.0 Å². The minimum absolute atomic E-state index is 0.0959. The van der Waals surface area contributed by atoms with Gasteiger partial charge in [-0.3, -0.25) is 19.5 Å². The molecule has 1 atom stereocenters. The molecule has 1 N–H and O–H groups in total. The average Bonchev–Trinajstić information content (AvgIpc) is 2.75. The number of nitrogens with zero attached hydrogens (tertiary/aromatic N) is 2. The van der Waals surface area contributed by atoms with Gasteiger partial charge in [0.25, 0.3) is 0 Å². The predicted molar refractivity (Wildman–Crippen MR) is 83.7 cm³/mol. The Kier molecular flexibility index (Phi) is 4.85. The summed E-state index contributed by atoms with van der Waals surface area (Å²) in [6, 6.07) is 7.09. The lowest BCUT2D eigenvalue weighted by Crippen LogP contribution is -2.30. The quantitative estimate of drug-likeness (QED) is 0.917. The second kappa shape index (κ2) is 6.62. The Bertz CT molecular complexity index is 589. The van der Waals surface area contributed by atoms with Crippen molar-refractivity contribution in [3.63, 3.8) is 0 Å². The van der Waals surface area contributed by atoms with Gasteiger partial charge in [0, 0.05) is 32.3 Å². The molecule has 7 heteroatoms. The minimum atomic E-state index is -0.417. The molecule has 1 heterocycles. The number of benzene rings is 1. The van der Waals surface area contributed by atoms with E-state index in [1.54, 1.807) is 45.5 Å². The van der Waals surface area contributed by atoms with Crippen LogP contribution in [-0.2, 0) is 9.59 Å². The molecule has 6 nitrogen and oxygen atoms in total. The van der Waals surface area contributed by atoms with Crippen LogP contribution in [0, 0.1) is 0 Å². The van der Waals surface area contributed by atoms with Crippen molar-refractivity contribution in [1.82, 2.24) is 4.90 Å². The molecule has 112 valence electrons. The SMILES string of the molecule is CN=C1S[C@@H](CC(=O)Nc2cccc(OC)c2)C(=O)N1C. The molecule has 0 aromatic heterocycles. The minimum Gasteiger partial charge on any atom is -0.497 e. The number of hydrogen-bond acceptors (Lipinski definition) is 5. The third-order valence-corrected chi connectivity index (χ3v) is 4.38. The normalized spacial score (nSPS) is 20.0. The van der Waals surface area contributed by atoms with Gasteiger partial charge in [-0.2, -0.15) is 0 Å². The third kappa shape index (κ3) is 3.55. The van der Waals surface area contributed by atoms with E-state index in [-0.39, 0.29) is 18.2 Å². The van der Waals surface area contributed by atoms with Crippen LogP contribution in [0.4, 0.5) is 5.69 Å². The van der Waals surface area contributed by atoms with Crippen molar-refractivity contribution >= 4 is 34.4 Å². The number of aliphatic imine (C=N–C) groups is 1. The number of anilines is 1. The Morgan fingerprint density at radius 2 is 2.29 bits per heavy atom. The maximum Gasteiger partial charge on any atom is 0.242 e. The van der Waals surface area contributed by atoms with Gasteiger partial charge in [-0.15, -0.1) is 0 Å². The van der Waals surface area contributed by atoms with E-state index in [4.69, 9.17) is 4.74 Å². The second-order valence-corrected chi connectivity index (χ2v) is 5.66. The van der Waals surface area contributed by atoms with Gasteiger partial charge < -0.3 is 10.1 Å². The second-order valence-electron chi connectivity index (χ2n) is 4.49. The van der Waals surface area contributed by atoms with Crippen LogP contribution in [0.15, 0.2) is 29.3 Å². The highest BCUT2D eigenvalue weighted by Crippen LogP contribution is 2.28. The zero-order chi connectivity index (χ0) is 15.4. The van der Waals surface area contributed by atoms with Gasteiger partial charge in [-0.1, -0.05) is 17.8 Å². The molecule has 2 amide bonds. The van der Waals surface area contributed by atoms with E-state index in [0.29, 0.717) is 16.6 Å². The summed E-state index contributed by atoms with van der Waals surface area (Å²) >= 11 is 1.31. The first-order valence-electron chi connectivity index (χ1n) is 6.40. The van der Waals surface area contributed by atoms with Gasteiger partial charge in [0.15, 0.2) is 5.17 Å². The van der Waals surface area contributed by atoms with Crippen LogP contribution in [0.1, 0.15) is 6.42 Å². The molecule has 2 rings (SSSR count). The number of carbonyl (C=O) groups excluding carboxylic acids is 2. The van der Waals surface area contributed by atoms with E-state index in [0.717, 1.165) is 0 Å². The number of amides is 2. The van der Waals surface area contributed by atoms with Crippen LogP contribution in [0.5, 0.6) is 5.75 Å². The number of methoxy groups -OCH3 is 1. The van der Waals surface area contributed by atoms with Gasteiger partial charge in [-0.05, 0) is 12.1 Å². The molecule has 1 fully saturated rings. The van der Waals surface area contributed by atoms with Crippen LogP contribution in [0.25, 0.3) is 0 Å². The van der Waals surface area contributed by atoms with Crippen molar-refractivity contribution in [2.24, 2.45) is 4.99 Å². The van der Waals surface area contributed by atoms with Crippen molar-refractivity contribution < 1.29 is 14.3 Å². The molecule has 21 heavy (non-hydrogen) atoms. The van der Waals surface area contributed by atoms with E-state index in [2.05, 4.69) is 10.3 Å². The van der Waals surface area contributed by atoms with Gasteiger partial charge in [0.2, 0.25) is 11.8 Å². The zero-order valence-corrected chi connectivity index (χ0v) is 12.9. The molecule has 1 saturated heterocycles. The van der Waals surface area contributed by atoms with Gasteiger partial charge in [-0.25, -0.2) is 0 Å². The highest BCUT2D eigenvalue weighted by Gasteiger charge is 2.36. The number of thioether (sulfide) groups is 1. The molecule has 0 bridgehead atoms. The molecule has 0 spiro atoms. The number of nitrogens with one attached hydrogen (secondary N) is 1. The first-order valence-corrected chi connectivity index (χ1v) is 7.28. The lowest BCUT2D eigenvalue weighted by atomic mass is 10.2. The van der Waals surface area contributed by atoms with E-state index in [1.165, 1.54) is 16.7 Å². The molecule has 0 radical (unpaired) electrons. The highest BCUT2D eigenvalue weighted by atomic mass is 32.2. The average molecular weight is 307 g/mol. The van der Waals surface area contributed by atoms with Gasteiger partial charge in [0.05, 0.1) is 7.11 Å². The summed E-state index contributed by atoms with van der Waals surface area (Å²) in [5.74, 6) is 0.362. The van der Waals surface area contributed by atoms with Crippen LogP contribution >= 0.6 is 11.8 Å². The predicted octanol–water partition coefficient (Wildman–Crippen LogP) is 1.58. The Labute approximate surface area is 127 Å². The van der Waals surface area contributed by atoms with Crippen molar-refractivity contribution in [1.29, 1.82) is 0 Å². The fourth-order valence-electron chi connectivity index (χ4n) is 1.98. The number of hydrogen-bond donors (Lipinski definition) is 1. The molecule has 1 aromatic carbocycles. The van der Waals surface area contributed by atoms with E-state index in [1.807, 2.05) is 0 Å². The summed E-state index contributed by atoms with van der Waals surface area (Å²) in [5.41, 5.74) is 0.646. The Morgan fingerprint density at radius 1 is 1.52 bits per heavy atom. The van der Waals surface area contributed by atoms with Crippen molar-refractivity contribution in [3.05, 3.63) is 24.3 Å². The van der Waals surface area contributed by atoms with Crippen molar-refractivity contribution in [2.45, 2.75) is 11.7 Å². The van der Waals surface area contributed by atoms with Crippen molar-refractivity contribution in [2.75, 3.05) is 26.5 Å². The molecule has 1 aliphatic rings. The fourth-order valence-corrected chi connectivity index (χ4v) is 3.08. The Hall–Kier alpha value is -2.02. The summed E-state index contributed by atoms with van der Waals surface area (Å²) < 4.78 is 5.10. The summed E-state index contributed by atoms with van der Waals surface area (Å²) in [7, 11) is 4.86. The maximum absolute atomic E-state index is 12.0. The lowest BCUT2D eigenvalue weighted by Gasteiger charge is -2.09. The van der Waals surface area contributed by atoms with Crippen LogP contribution in [-0.4, -0.2) is 48.3 Å². The first-order chi connectivity index (χ1) is 10.0. The molecule has 0 unspecified atom stereocenters. The Morgan fingerprint density at radius 3 is 2.90 bits per heavy atom. The molecular weight excluding hydrogens is 290 g/mol. The number of amidine groups is 1. The van der Waals surface area contributed by atoms with Gasteiger partial charge >= 0.3 is 0 Å². The first kappa shape index (κ1) is 15.4. The monoisotopic (exact) mass is 307 g/mol. The zero-order valence-electron chi connectivity index (χ0n) is 12.1. The standard InChI is InChI=1S/C14H17N3O3S/c1-15-14-17(2)13(19)11(21-14)8-12(18)16-9-5-4-6-10(7-9)20-3/h4-7,11H,8H2,1-3H3,(H,16,18)/t11-/m0/s1. The number of ether oxygens (including phenoxy) is 1. The molecule has 0 saturated carbocycles. The number of rotatable bonds is 4. The van der Waals surface area contributed by atoms with E-state index >= 15 is 0 Å². The van der Waals surface area contributed by atoms with Crippen LogP contribution in [0.3, 0.4) is 0 Å². The summed E-state index contributed by atoms with van der Waals surface area (Å²) in [4.78, 5) is 29.5. The summed E-state index contributed by atoms with van der Waals surface area (Å²) in [5, 5.41) is 2.99. The van der Waals surface area contributed by atoms with E-state index in [9.17, 15) is 9.59 Å². The van der Waals surface area contributed by atoms with Gasteiger partial charge in [0.1, 0.15) is 11.0 Å². The largest absolute Gasteiger partial charge is 0.497 e. The van der Waals surface area contributed by atoms with Crippen LogP contribution < -0.4 is 10.1 Å². The molecular formula is C14H17N3O3S. The summed E-state index contributed by atoms with van der Waals surface area (Å²) in [6.07, 6.45) is 0.115. The smallest absolute Gasteiger partial charge is 0.242 e. The molecule has 0 aliphatic carbocycles. The lowest BCUT2D eigenvalue weighted by molar-refractivity contribution is -0.127. The fraction of sp³-hybridized carbons (Fsp3) is 0.357. The summed E-state index contributed by atoms with van der Waals surface area (Å²) in [6.45, 7) is 0. The van der Waals surface area contributed by atoms with Crippen LogP contribution in [0.2, 0.25) is 0 Å². The number of carbonyl (C=O) groups is 2. The molecule has 1 aromatic rings. The van der Waals surface area contributed by atoms with E-state index < -0.39 is 5.25 Å². The molecule has 1 aliphatic heterocycles.